The molecule has 5 nitrogen and oxygen atoms in total. The highest BCUT2D eigenvalue weighted by molar-refractivity contribution is 5.86. The summed E-state index contributed by atoms with van der Waals surface area (Å²) in [6.07, 6.45) is 5.47. The minimum absolute atomic E-state index is 0. The van der Waals surface area contributed by atoms with Crippen LogP contribution in [-0.4, -0.2) is 48.9 Å². The summed E-state index contributed by atoms with van der Waals surface area (Å²) in [6.45, 7) is 4.60. The molecule has 116 valence electrons. The van der Waals surface area contributed by atoms with Crippen molar-refractivity contribution in [2.24, 2.45) is 5.92 Å². The number of halogens is 1. The van der Waals surface area contributed by atoms with Gasteiger partial charge in [0.2, 0.25) is 11.8 Å². The monoisotopic (exact) mass is 303 g/mol. The quantitative estimate of drug-likeness (QED) is 0.815. The maximum absolute atomic E-state index is 12.1. The Morgan fingerprint density at radius 1 is 1.25 bits per heavy atom. The van der Waals surface area contributed by atoms with Gasteiger partial charge in [-0.2, -0.15) is 0 Å². The maximum Gasteiger partial charge on any atom is 0.242 e. The predicted molar refractivity (Wildman–Crippen MR) is 80.9 cm³/mol. The second kappa shape index (κ2) is 8.47. The molecule has 2 fully saturated rings. The average molecular weight is 304 g/mol. The molecule has 1 aliphatic heterocycles. The molecule has 2 amide bonds. The van der Waals surface area contributed by atoms with E-state index in [1.54, 1.807) is 0 Å². The minimum Gasteiger partial charge on any atom is -0.347 e. The van der Waals surface area contributed by atoms with E-state index in [0.29, 0.717) is 0 Å². The number of amides is 2. The van der Waals surface area contributed by atoms with E-state index in [1.165, 1.54) is 6.42 Å². The zero-order valence-electron chi connectivity index (χ0n) is 12.2. The van der Waals surface area contributed by atoms with Crippen molar-refractivity contribution in [1.29, 1.82) is 0 Å². The summed E-state index contributed by atoms with van der Waals surface area (Å²) in [5.41, 5.74) is 0. The van der Waals surface area contributed by atoms with E-state index >= 15 is 0 Å². The smallest absolute Gasteiger partial charge is 0.242 e. The van der Waals surface area contributed by atoms with Gasteiger partial charge in [0.1, 0.15) is 0 Å². The molecule has 0 spiro atoms. The largest absolute Gasteiger partial charge is 0.347 e. The Balaban J connectivity index is 0.00000200. The van der Waals surface area contributed by atoms with Crippen molar-refractivity contribution < 1.29 is 9.59 Å². The molecule has 1 aliphatic carbocycles. The second-order valence-electron chi connectivity index (χ2n) is 5.69. The molecule has 0 aromatic carbocycles. The maximum atomic E-state index is 12.1. The third-order valence-corrected chi connectivity index (χ3v) is 4.21. The Hall–Kier alpha value is -0.810. The first-order chi connectivity index (χ1) is 9.18. The van der Waals surface area contributed by atoms with Crippen molar-refractivity contribution in [1.82, 2.24) is 15.5 Å². The van der Waals surface area contributed by atoms with Crippen LogP contribution in [0.5, 0.6) is 0 Å². The van der Waals surface area contributed by atoms with E-state index in [-0.39, 0.29) is 42.7 Å². The zero-order valence-corrected chi connectivity index (χ0v) is 13.0. The molecule has 0 radical (unpaired) electrons. The van der Waals surface area contributed by atoms with Gasteiger partial charge >= 0.3 is 0 Å². The van der Waals surface area contributed by atoms with E-state index in [0.717, 1.165) is 45.3 Å². The van der Waals surface area contributed by atoms with E-state index in [1.807, 2.05) is 11.8 Å². The topological polar surface area (TPSA) is 61.4 Å². The van der Waals surface area contributed by atoms with Crippen molar-refractivity contribution in [3.63, 3.8) is 0 Å². The van der Waals surface area contributed by atoms with Gasteiger partial charge in [-0.25, -0.2) is 0 Å². The molecule has 2 aliphatic rings. The highest BCUT2D eigenvalue weighted by atomic mass is 35.5. The van der Waals surface area contributed by atoms with Crippen LogP contribution in [0.1, 0.15) is 39.0 Å². The Morgan fingerprint density at radius 2 is 1.95 bits per heavy atom. The van der Waals surface area contributed by atoms with Crippen molar-refractivity contribution in [2.75, 3.05) is 26.2 Å². The fourth-order valence-corrected chi connectivity index (χ4v) is 2.98. The Morgan fingerprint density at radius 3 is 2.60 bits per heavy atom. The van der Waals surface area contributed by atoms with Gasteiger partial charge in [0.15, 0.2) is 0 Å². The third-order valence-electron chi connectivity index (χ3n) is 4.21. The summed E-state index contributed by atoms with van der Waals surface area (Å²) < 4.78 is 0. The summed E-state index contributed by atoms with van der Waals surface area (Å²) in [7, 11) is 0. The number of carbonyl (C=O) groups excluding carboxylic acids is 2. The summed E-state index contributed by atoms with van der Waals surface area (Å²) in [5, 5.41) is 6.07. The SMILES string of the molecule is C[C@@H]1CNCCN1C(=O)CNC(=O)C1CCCCC1.Cl. The van der Waals surface area contributed by atoms with Gasteiger partial charge in [-0.3, -0.25) is 9.59 Å². The van der Waals surface area contributed by atoms with E-state index in [2.05, 4.69) is 10.6 Å². The minimum atomic E-state index is 0. The normalized spacial score (nSPS) is 23.9. The molecule has 1 saturated carbocycles. The van der Waals surface area contributed by atoms with Crippen molar-refractivity contribution in [3.05, 3.63) is 0 Å². The van der Waals surface area contributed by atoms with Gasteiger partial charge < -0.3 is 15.5 Å². The van der Waals surface area contributed by atoms with Crippen LogP contribution in [-0.2, 0) is 9.59 Å². The first kappa shape index (κ1) is 17.2. The number of hydrogen-bond acceptors (Lipinski definition) is 3. The Bertz CT molecular complexity index is 332. The molecule has 0 bridgehead atoms. The third kappa shape index (κ3) is 4.63. The van der Waals surface area contributed by atoms with Crippen LogP contribution < -0.4 is 10.6 Å². The molecule has 1 atom stereocenters. The molecule has 1 heterocycles. The number of rotatable bonds is 3. The first-order valence-corrected chi connectivity index (χ1v) is 7.46. The van der Waals surface area contributed by atoms with Gasteiger partial charge in [0.05, 0.1) is 6.54 Å². The van der Waals surface area contributed by atoms with Crippen LogP contribution >= 0.6 is 12.4 Å². The van der Waals surface area contributed by atoms with E-state index < -0.39 is 0 Å². The van der Waals surface area contributed by atoms with Gasteiger partial charge in [-0.05, 0) is 19.8 Å². The fraction of sp³-hybridized carbons (Fsp3) is 0.857. The molecule has 2 rings (SSSR count). The van der Waals surface area contributed by atoms with Crippen molar-refractivity contribution in [2.45, 2.75) is 45.1 Å². The Labute approximate surface area is 127 Å². The van der Waals surface area contributed by atoms with E-state index in [9.17, 15) is 9.59 Å². The lowest BCUT2D eigenvalue weighted by molar-refractivity contribution is -0.136. The fourth-order valence-electron chi connectivity index (χ4n) is 2.98. The van der Waals surface area contributed by atoms with Crippen LogP contribution in [0.25, 0.3) is 0 Å². The Kier molecular flexibility index (Phi) is 7.30. The highest BCUT2D eigenvalue weighted by Gasteiger charge is 2.25. The summed E-state index contributed by atoms with van der Waals surface area (Å²) in [6, 6.07) is 0.216. The summed E-state index contributed by atoms with van der Waals surface area (Å²) in [5.74, 6) is 0.232. The molecular formula is C14H26ClN3O2. The highest BCUT2D eigenvalue weighted by Crippen LogP contribution is 2.23. The molecule has 0 aromatic heterocycles. The molecule has 6 heteroatoms. The predicted octanol–water partition coefficient (Wildman–Crippen LogP) is 0.925. The molecule has 0 unspecified atom stereocenters. The number of nitrogens with zero attached hydrogens (tertiary/aromatic N) is 1. The van der Waals surface area contributed by atoms with Crippen LogP contribution in [0.4, 0.5) is 0 Å². The lowest BCUT2D eigenvalue weighted by atomic mass is 9.89. The number of hydrogen-bond donors (Lipinski definition) is 2. The van der Waals surface area contributed by atoms with Gasteiger partial charge in [-0.1, -0.05) is 19.3 Å². The summed E-state index contributed by atoms with van der Waals surface area (Å²) in [4.78, 5) is 25.9. The number of carbonyl (C=O) groups is 2. The molecule has 1 saturated heterocycles. The van der Waals surface area contributed by atoms with Crippen molar-refractivity contribution in [3.8, 4) is 0 Å². The molecule has 2 N–H and O–H groups in total. The van der Waals surface area contributed by atoms with Crippen LogP contribution in [0.3, 0.4) is 0 Å². The molecule has 0 aromatic rings. The molecular weight excluding hydrogens is 278 g/mol. The second-order valence-corrected chi connectivity index (χ2v) is 5.69. The first-order valence-electron chi connectivity index (χ1n) is 7.46. The number of nitrogens with one attached hydrogen (secondary N) is 2. The van der Waals surface area contributed by atoms with Gasteiger partial charge in [0.25, 0.3) is 0 Å². The van der Waals surface area contributed by atoms with E-state index in [4.69, 9.17) is 0 Å². The lowest BCUT2D eigenvalue weighted by Crippen LogP contribution is -2.54. The van der Waals surface area contributed by atoms with Gasteiger partial charge in [-0.15, -0.1) is 12.4 Å². The molecule has 20 heavy (non-hydrogen) atoms. The van der Waals surface area contributed by atoms with Crippen LogP contribution in [0.15, 0.2) is 0 Å². The van der Waals surface area contributed by atoms with Crippen LogP contribution in [0, 0.1) is 5.92 Å². The lowest BCUT2D eigenvalue weighted by Gasteiger charge is -2.34. The number of piperazine rings is 1. The zero-order chi connectivity index (χ0) is 13.7. The standard InChI is InChI=1S/C14H25N3O2.ClH/c1-11-9-15-7-8-17(11)13(18)10-16-14(19)12-5-3-2-4-6-12;/h11-12,15H,2-10H2,1H3,(H,16,19);1H/t11-;/m1./s1. The van der Waals surface area contributed by atoms with Gasteiger partial charge in [0, 0.05) is 31.6 Å². The average Bonchev–Trinajstić information content (AvgIpc) is 2.46. The summed E-state index contributed by atoms with van der Waals surface area (Å²) >= 11 is 0. The van der Waals surface area contributed by atoms with Crippen molar-refractivity contribution >= 4 is 24.2 Å². The van der Waals surface area contributed by atoms with Crippen LogP contribution in [0.2, 0.25) is 0 Å².